The summed E-state index contributed by atoms with van der Waals surface area (Å²) >= 11 is 0. The van der Waals surface area contributed by atoms with Crippen LogP contribution in [0.2, 0.25) is 0 Å². The van der Waals surface area contributed by atoms with E-state index in [0.29, 0.717) is 43.7 Å². The molecule has 0 atom stereocenters. The van der Waals surface area contributed by atoms with E-state index in [2.05, 4.69) is 5.32 Å². The highest BCUT2D eigenvalue weighted by Gasteiger charge is 2.30. The van der Waals surface area contributed by atoms with Crippen LogP contribution in [-0.2, 0) is 14.8 Å². The molecule has 1 aliphatic carbocycles. The molecule has 1 heterocycles. The van der Waals surface area contributed by atoms with E-state index < -0.39 is 10.0 Å². The number of quaternary nitrogens is 1. The zero-order valence-electron chi connectivity index (χ0n) is 17.0. The second kappa shape index (κ2) is 9.85. The van der Waals surface area contributed by atoms with Gasteiger partial charge in [0.15, 0.2) is 6.54 Å². The summed E-state index contributed by atoms with van der Waals surface area (Å²) in [4.78, 5) is 14.7. The molecule has 7 heteroatoms. The molecule has 1 aromatic carbocycles. The molecular formula is C21H34N3O3S+. The molecule has 156 valence electrons. The van der Waals surface area contributed by atoms with Gasteiger partial charge in [0.1, 0.15) is 0 Å². The van der Waals surface area contributed by atoms with E-state index in [4.69, 9.17) is 0 Å². The number of benzene rings is 1. The molecule has 0 radical (unpaired) electrons. The topological polar surface area (TPSA) is 74.3 Å². The van der Waals surface area contributed by atoms with Gasteiger partial charge in [-0.3, -0.25) is 4.79 Å². The molecule has 2 fully saturated rings. The summed E-state index contributed by atoms with van der Waals surface area (Å²) in [6.07, 6.45) is 8.92. The first-order valence-corrected chi connectivity index (χ1v) is 12.1. The molecule has 0 aromatic heterocycles. The Balaban J connectivity index is 1.47. The Morgan fingerprint density at radius 3 is 2.14 bits per heavy atom. The quantitative estimate of drug-likeness (QED) is 0.802. The number of hydrogen-bond acceptors (Lipinski definition) is 3. The molecule has 1 amide bonds. The van der Waals surface area contributed by atoms with Crippen LogP contribution in [0.5, 0.6) is 0 Å². The second-order valence-electron chi connectivity index (χ2n) is 8.14. The van der Waals surface area contributed by atoms with Crippen molar-refractivity contribution in [2.75, 3.05) is 32.7 Å². The van der Waals surface area contributed by atoms with Crippen molar-refractivity contribution in [3.63, 3.8) is 0 Å². The first-order chi connectivity index (χ1) is 13.5. The van der Waals surface area contributed by atoms with E-state index in [0.717, 1.165) is 5.56 Å². The highest BCUT2D eigenvalue weighted by molar-refractivity contribution is 7.89. The highest BCUT2D eigenvalue weighted by atomic mass is 32.2. The number of hydrogen-bond donors (Lipinski definition) is 1. The number of aryl methyl sites for hydroxylation is 1. The number of rotatable bonds is 5. The predicted octanol–water partition coefficient (Wildman–Crippen LogP) is 1.50. The molecule has 2 N–H and O–H groups in total. The maximum absolute atomic E-state index is 12.8. The number of piperazine rings is 1. The number of nitrogens with zero attached hydrogens (tertiary/aromatic N) is 2. The predicted molar refractivity (Wildman–Crippen MR) is 109 cm³/mol. The third-order valence-electron chi connectivity index (χ3n) is 6.03. The number of carbonyl (C=O) groups excluding carboxylic acids is 1. The lowest BCUT2D eigenvalue weighted by Gasteiger charge is -2.34. The number of amides is 1. The molecule has 3 rings (SSSR count). The molecule has 6 nitrogen and oxygen atoms in total. The maximum atomic E-state index is 12.8. The van der Waals surface area contributed by atoms with Gasteiger partial charge in [-0.1, -0.05) is 37.0 Å². The fraction of sp³-hybridized carbons (Fsp3) is 0.667. The van der Waals surface area contributed by atoms with Crippen molar-refractivity contribution in [1.29, 1.82) is 0 Å². The van der Waals surface area contributed by atoms with Gasteiger partial charge < -0.3 is 10.2 Å². The van der Waals surface area contributed by atoms with E-state index in [-0.39, 0.29) is 5.91 Å². The van der Waals surface area contributed by atoms with Crippen molar-refractivity contribution >= 4 is 15.9 Å². The van der Waals surface area contributed by atoms with E-state index in [1.807, 2.05) is 24.0 Å². The minimum atomic E-state index is -3.48. The molecule has 1 saturated heterocycles. The van der Waals surface area contributed by atoms with Crippen molar-refractivity contribution in [2.24, 2.45) is 0 Å². The lowest BCUT2D eigenvalue weighted by atomic mass is 9.97. The van der Waals surface area contributed by atoms with Gasteiger partial charge in [-0.25, -0.2) is 8.42 Å². The maximum Gasteiger partial charge on any atom is 0.277 e. The van der Waals surface area contributed by atoms with E-state index in [1.54, 1.807) is 12.1 Å². The van der Waals surface area contributed by atoms with Gasteiger partial charge >= 0.3 is 0 Å². The minimum absolute atomic E-state index is 0.134. The normalized spacial score (nSPS) is 20.5. The van der Waals surface area contributed by atoms with Crippen LogP contribution < -0.4 is 5.32 Å². The molecule has 0 spiro atoms. The van der Waals surface area contributed by atoms with Crippen molar-refractivity contribution in [3.8, 4) is 0 Å². The van der Waals surface area contributed by atoms with Gasteiger partial charge in [0.25, 0.3) is 5.91 Å². The molecule has 0 unspecified atom stereocenters. The number of sulfonamides is 1. The van der Waals surface area contributed by atoms with Crippen LogP contribution in [0.3, 0.4) is 0 Å². The Kier molecular flexibility index (Phi) is 7.48. The van der Waals surface area contributed by atoms with Gasteiger partial charge in [-0.2, -0.15) is 4.31 Å². The summed E-state index contributed by atoms with van der Waals surface area (Å²) in [6.45, 7) is 4.10. The van der Waals surface area contributed by atoms with E-state index in [9.17, 15) is 13.2 Å². The molecule has 0 bridgehead atoms. The van der Waals surface area contributed by atoms with Crippen molar-refractivity contribution in [1.82, 2.24) is 9.21 Å². The second-order valence-corrected chi connectivity index (χ2v) is 10.1. The third-order valence-corrected chi connectivity index (χ3v) is 7.94. The Labute approximate surface area is 169 Å². The lowest BCUT2D eigenvalue weighted by molar-refractivity contribution is -0.681. The summed E-state index contributed by atoms with van der Waals surface area (Å²) in [6, 6.07) is 7.52. The van der Waals surface area contributed by atoms with Crippen molar-refractivity contribution < 1.29 is 18.5 Å². The third kappa shape index (κ3) is 5.55. The highest BCUT2D eigenvalue weighted by Crippen LogP contribution is 2.18. The Morgan fingerprint density at radius 2 is 1.54 bits per heavy atom. The SMILES string of the molecule is Cc1ccc(S(=O)(=O)N2CCN(C(=O)C[NH2+]C3CCCCCCC3)CC2)cc1. The molecular weight excluding hydrogens is 374 g/mol. The average Bonchev–Trinajstić information content (AvgIpc) is 2.67. The standard InChI is InChI=1S/C21H33N3O3S/c1-18-9-11-20(12-10-18)28(26,27)24-15-13-23(14-16-24)21(25)17-22-19-7-5-3-2-4-6-8-19/h9-12,19,22H,2-8,13-17H2,1H3/p+1. The van der Waals surface area contributed by atoms with E-state index in [1.165, 1.54) is 49.3 Å². The van der Waals surface area contributed by atoms with Crippen LogP contribution in [0.4, 0.5) is 0 Å². The number of carbonyl (C=O) groups is 1. The van der Waals surface area contributed by atoms with Crippen LogP contribution in [0, 0.1) is 6.92 Å². The van der Waals surface area contributed by atoms with Crippen LogP contribution in [-0.4, -0.2) is 62.3 Å². The van der Waals surface area contributed by atoms with E-state index >= 15 is 0 Å². The first-order valence-electron chi connectivity index (χ1n) is 10.6. The van der Waals surface area contributed by atoms with Gasteiger partial charge in [-0.15, -0.1) is 0 Å². The first kappa shape index (κ1) is 21.3. The number of nitrogens with two attached hydrogens (primary N) is 1. The summed E-state index contributed by atoms with van der Waals surface area (Å²) < 4.78 is 27.1. The lowest BCUT2D eigenvalue weighted by Crippen LogP contribution is -2.92. The smallest absolute Gasteiger partial charge is 0.277 e. The van der Waals surface area contributed by atoms with Gasteiger partial charge in [0.2, 0.25) is 10.0 Å². The van der Waals surface area contributed by atoms with Gasteiger partial charge in [0, 0.05) is 26.2 Å². The van der Waals surface area contributed by atoms with Crippen molar-refractivity contribution in [2.45, 2.75) is 62.8 Å². The average molecular weight is 409 g/mol. The van der Waals surface area contributed by atoms with Crippen LogP contribution in [0.25, 0.3) is 0 Å². The fourth-order valence-corrected chi connectivity index (χ4v) is 5.58. The zero-order chi connectivity index (χ0) is 20.0. The zero-order valence-corrected chi connectivity index (χ0v) is 17.8. The minimum Gasteiger partial charge on any atom is -0.336 e. The summed E-state index contributed by atoms with van der Waals surface area (Å²) in [5, 5.41) is 2.21. The molecule has 1 saturated carbocycles. The molecule has 28 heavy (non-hydrogen) atoms. The van der Waals surface area contributed by atoms with Crippen molar-refractivity contribution in [3.05, 3.63) is 29.8 Å². The fourth-order valence-electron chi connectivity index (χ4n) is 4.16. The Hall–Kier alpha value is -1.44. The Bertz CT molecular complexity index is 733. The molecule has 1 aromatic rings. The van der Waals surface area contributed by atoms with Crippen LogP contribution >= 0.6 is 0 Å². The summed E-state index contributed by atoms with van der Waals surface area (Å²) in [7, 11) is -3.48. The van der Waals surface area contributed by atoms with Gasteiger partial charge in [-0.05, 0) is 44.7 Å². The Morgan fingerprint density at radius 1 is 0.964 bits per heavy atom. The summed E-state index contributed by atoms with van der Waals surface area (Å²) in [5.41, 5.74) is 1.04. The van der Waals surface area contributed by atoms with Crippen LogP contribution in [0.15, 0.2) is 29.2 Å². The van der Waals surface area contributed by atoms with Crippen LogP contribution in [0.1, 0.15) is 50.5 Å². The molecule has 2 aliphatic rings. The largest absolute Gasteiger partial charge is 0.336 e. The monoisotopic (exact) mass is 408 g/mol. The summed E-state index contributed by atoms with van der Waals surface area (Å²) in [5.74, 6) is 0.134. The molecule has 1 aliphatic heterocycles. The van der Waals surface area contributed by atoms with Gasteiger partial charge in [0.05, 0.1) is 10.9 Å².